The van der Waals surface area contributed by atoms with E-state index in [0.29, 0.717) is 24.8 Å². The summed E-state index contributed by atoms with van der Waals surface area (Å²) in [5.41, 5.74) is 3.65. The highest BCUT2D eigenvalue weighted by atomic mass is 32.2. The van der Waals surface area contributed by atoms with Gasteiger partial charge >= 0.3 is 0 Å². The van der Waals surface area contributed by atoms with E-state index in [1.165, 1.54) is 23.3 Å². The second kappa shape index (κ2) is 7.76. The van der Waals surface area contributed by atoms with E-state index >= 15 is 0 Å². The number of nitrogens with zero attached hydrogens (tertiary/aromatic N) is 4. The molecule has 2 aromatic heterocycles. The Balaban J connectivity index is 1.49. The lowest BCUT2D eigenvalue weighted by molar-refractivity contribution is 0.189. The summed E-state index contributed by atoms with van der Waals surface area (Å²) in [6.07, 6.45) is 12.4. The molecule has 2 aromatic rings. The number of hydrogen-bond donors (Lipinski definition) is 1. The van der Waals surface area contributed by atoms with Crippen molar-refractivity contribution >= 4 is 21.9 Å². The van der Waals surface area contributed by atoms with E-state index in [2.05, 4.69) is 4.90 Å². The summed E-state index contributed by atoms with van der Waals surface area (Å²) in [5.74, 6) is 0.775. The zero-order chi connectivity index (χ0) is 23.7. The zero-order valence-electron chi connectivity index (χ0n) is 19.4. The Bertz CT molecular complexity index is 1350. The summed E-state index contributed by atoms with van der Waals surface area (Å²) in [6.45, 7) is 2.20. The first-order valence-electron chi connectivity index (χ1n) is 12.1. The molecule has 1 N–H and O–H groups in total. The Kier molecular flexibility index (Phi) is 5.02. The summed E-state index contributed by atoms with van der Waals surface area (Å²) in [7, 11) is -2.05. The molecule has 1 unspecified atom stereocenters. The summed E-state index contributed by atoms with van der Waals surface area (Å²) in [6, 6.07) is 1.72. The molecule has 1 spiro atoms. The van der Waals surface area contributed by atoms with Crippen LogP contribution >= 0.6 is 0 Å². The average Bonchev–Trinajstić information content (AvgIpc) is 3.21. The molecule has 0 amide bonds. The maximum absolute atomic E-state index is 13.4. The van der Waals surface area contributed by atoms with Crippen molar-refractivity contribution < 1.29 is 13.5 Å². The van der Waals surface area contributed by atoms with Gasteiger partial charge in [-0.25, -0.2) is 13.4 Å². The van der Waals surface area contributed by atoms with Crippen molar-refractivity contribution in [2.75, 3.05) is 31.1 Å². The van der Waals surface area contributed by atoms with Crippen LogP contribution in [0.3, 0.4) is 0 Å². The van der Waals surface area contributed by atoms with Gasteiger partial charge in [0.15, 0.2) is 0 Å². The zero-order valence-corrected chi connectivity index (χ0v) is 20.2. The van der Waals surface area contributed by atoms with Crippen LogP contribution in [-0.4, -0.2) is 59.7 Å². The Morgan fingerprint density at radius 3 is 2.56 bits per heavy atom. The normalized spacial score (nSPS) is 23.6. The molecule has 3 fully saturated rings. The highest BCUT2D eigenvalue weighted by Gasteiger charge is 2.45. The fourth-order valence-electron chi connectivity index (χ4n) is 5.69. The molecular weight excluding hydrogens is 452 g/mol. The third-order valence-corrected chi connectivity index (χ3v) is 9.93. The monoisotopic (exact) mass is 482 g/mol. The van der Waals surface area contributed by atoms with Gasteiger partial charge < -0.3 is 14.6 Å². The van der Waals surface area contributed by atoms with E-state index in [9.17, 15) is 18.3 Å². The third-order valence-electron chi connectivity index (χ3n) is 8.10. The van der Waals surface area contributed by atoms with Crippen molar-refractivity contribution in [1.29, 1.82) is 0 Å². The van der Waals surface area contributed by atoms with Crippen LogP contribution in [0.5, 0.6) is 0 Å². The van der Waals surface area contributed by atoms with E-state index in [1.54, 1.807) is 23.9 Å². The van der Waals surface area contributed by atoms with Crippen molar-refractivity contribution in [2.45, 2.75) is 49.5 Å². The first-order chi connectivity index (χ1) is 16.3. The average molecular weight is 483 g/mol. The van der Waals surface area contributed by atoms with Gasteiger partial charge in [0.2, 0.25) is 10.0 Å². The second-order valence-electron chi connectivity index (χ2n) is 10.3. The van der Waals surface area contributed by atoms with Gasteiger partial charge in [0.1, 0.15) is 10.7 Å². The van der Waals surface area contributed by atoms with E-state index in [0.717, 1.165) is 54.0 Å². The molecule has 0 radical (unpaired) electrons. The lowest BCUT2D eigenvalue weighted by Crippen LogP contribution is -2.35. The minimum atomic E-state index is -3.78. The molecule has 0 bridgehead atoms. The third kappa shape index (κ3) is 3.52. The SMILES string of the molecule is Cn1cc(-c2cc(S(=O)(=O)N3CCC(O)C3)cnc2N2CCC3(CC2)CC3)c2c(c1=O)CC=C2. The number of sulfonamides is 1. The number of piperidine rings is 1. The molecule has 2 aliphatic heterocycles. The number of aliphatic hydroxyl groups excluding tert-OH is 1. The van der Waals surface area contributed by atoms with Gasteiger partial charge in [-0.3, -0.25) is 4.79 Å². The van der Waals surface area contributed by atoms with Gasteiger partial charge in [0.05, 0.1) is 6.10 Å². The molecule has 180 valence electrons. The summed E-state index contributed by atoms with van der Waals surface area (Å²) in [5, 5.41) is 9.90. The van der Waals surface area contributed by atoms with Crippen LogP contribution < -0.4 is 10.5 Å². The lowest BCUT2D eigenvalue weighted by atomic mass is 9.93. The molecule has 6 rings (SSSR count). The van der Waals surface area contributed by atoms with Crippen LogP contribution in [0.15, 0.2) is 34.2 Å². The predicted molar refractivity (Wildman–Crippen MR) is 130 cm³/mol. The van der Waals surface area contributed by atoms with Gasteiger partial charge in [-0.2, -0.15) is 4.31 Å². The molecular formula is C25H30N4O4S. The number of rotatable bonds is 4. The van der Waals surface area contributed by atoms with Gasteiger partial charge in [0, 0.05) is 62.3 Å². The van der Waals surface area contributed by atoms with Crippen LogP contribution in [0.1, 0.15) is 43.2 Å². The number of aliphatic hydroxyl groups is 1. The van der Waals surface area contributed by atoms with Crippen molar-refractivity contribution in [3.05, 3.63) is 46.0 Å². The Hall–Kier alpha value is -2.49. The highest BCUT2D eigenvalue weighted by molar-refractivity contribution is 7.89. The molecule has 4 heterocycles. The number of hydrogen-bond acceptors (Lipinski definition) is 6. The van der Waals surface area contributed by atoms with Crippen LogP contribution in [0.2, 0.25) is 0 Å². The van der Waals surface area contributed by atoms with Crippen molar-refractivity contribution in [3.63, 3.8) is 0 Å². The van der Waals surface area contributed by atoms with E-state index < -0.39 is 16.1 Å². The molecule has 1 saturated carbocycles. The Labute approximate surface area is 199 Å². The van der Waals surface area contributed by atoms with Crippen molar-refractivity contribution in [2.24, 2.45) is 12.5 Å². The molecule has 2 aliphatic carbocycles. The van der Waals surface area contributed by atoms with Crippen molar-refractivity contribution in [1.82, 2.24) is 13.9 Å². The van der Waals surface area contributed by atoms with Gasteiger partial charge in [0.25, 0.3) is 5.56 Å². The summed E-state index contributed by atoms with van der Waals surface area (Å²) >= 11 is 0. The van der Waals surface area contributed by atoms with Crippen molar-refractivity contribution in [3.8, 4) is 11.1 Å². The number of anilines is 1. The minimum absolute atomic E-state index is 0.0262. The first kappa shape index (κ1) is 22.0. The van der Waals surface area contributed by atoms with Gasteiger partial charge in [-0.05, 0) is 55.6 Å². The molecule has 4 aliphatic rings. The minimum Gasteiger partial charge on any atom is -0.392 e. The maximum Gasteiger partial charge on any atom is 0.254 e. The maximum atomic E-state index is 13.4. The highest BCUT2D eigenvalue weighted by Crippen LogP contribution is 2.54. The largest absolute Gasteiger partial charge is 0.392 e. The second-order valence-corrected chi connectivity index (χ2v) is 12.2. The number of pyridine rings is 2. The fraction of sp³-hybridized carbons (Fsp3) is 0.520. The van der Waals surface area contributed by atoms with Gasteiger partial charge in [-0.1, -0.05) is 12.2 Å². The standard InChI is InChI=1S/C25H30N4O4S/c1-27-16-22(19-3-2-4-20(19)24(27)31)21-13-18(34(32,33)29-10-5-17(30)15-29)14-26-23(21)28-11-8-25(6-7-25)9-12-28/h2-3,13-14,16-17,30H,4-12,15H2,1H3. The lowest BCUT2D eigenvalue weighted by Gasteiger charge is -2.34. The number of fused-ring (bicyclic) bond motifs is 1. The smallest absolute Gasteiger partial charge is 0.254 e. The van der Waals surface area contributed by atoms with Gasteiger partial charge in [-0.15, -0.1) is 0 Å². The number of β-amino-alcohol motifs (C(OH)–C–C–N with tert-alkyl or cyclic N) is 1. The topological polar surface area (TPSA) is 95.7 Å². The summed E-state index contributed by atoms with van der Waals surface area (Å²) in [4.78, 5) is 19.8. The molecule has 9 heteroatoms. The predicted octanol–water partition coefficient (Wildman–Crippen LogP) is 2.15. The molecule has 8 nitrogen and oxygen atoms in total. The van der Waals surface area contributed by atoms with Crippen LogP contribution in [-0.2, 0) is 23.5 Å². The summed E-state index contributed by atoms with van der Waals surface area (Å²) < 4.78 is 29.7. The Morgan fingerprint density at radius 2 is 1.88 bits per heavy atom. The van der Waals surface area contributed by atoms with E-state index in [1.807, 2.05) is 12.2 Å². The molecule has 0 aromatic carbocycles. The van der Waals surface area contributed by atoms with Crippen LogP contribution in [0.25, 0.3) is 17.2 Å². The van der Waals surface area contributed by atoms with E-state index in [-0.39, 0.29) is 17.0 Å². The molecule has 34 heavy (non-hydrogen) atoms. The fourth-order valence-corrected chi connectivity index (χ4v) is 7.15. The van der Waals surface area contributed by atoms with E-state index in [4.69, 9.17) is 4.98 Å². The first-order valence-corrected chi connectivity index (χ1v) is 13.5. The van der Waals surface area contributed by atoms with Crippen LogP contribution in [0.4, 0.5) is 5.82 Å². The number of allylic oxidation sites excluding steroid dienone is 1. The molecule has 2 saturated heterocycles. The number of aromatic nitrogens is 2. The quantitative estimate of drug-likeness (QED) is 0.718. The Morgan fingerprint density at radius 1 is 1.12 bits per heavy atom. The molecule has 1 atom stereocenters. The number of aryl methyl sites for hydroxylation is 1. The van der Waals surface area contributed by atoms with Crippen LogP contribution in [0, 0.1) is 5.41 Å².